The highest BCUT2D eigenvalue weighted by Crippen LogP contribution is 2.34. The van der Waals surface area contributed by atoms with Crippen molar-refractivity contribution < 1.29 is 4.39 Å². The summed E-state index contributed by atoms with van der Waals surface area (Å²) in [6.07, 6.45) is 8.44. The Morgan fingerprint density at radius 1 is 0.844 bits per heavy atom. The van der Waals surface area contributed by atoms with E-state index >= 15 is 0 Å². The third kappa shape index (κ3) is 3.01. The van der Waals surface area contributed by atoms with Crippen molar-refractivity contribution in [3.05, 3.63) is 78.9 Å². The van der Waals surface area contributed by atoms with Gasteiger partial charge in [0.25, 0.3) is 0 Å². The van der Waals surface area contributed by atoms with Crippen LogP contribution in [0.2, 0.25) is 0 Å². The molecule has 0 fully saturated rings. The van der Waals surface area contributed by atoms with Crippen LogP contribution in [-0.2, 0) is 0 Å². The number of hydrogen-bond acceptors (Lipinski definition) is 5. The summed E-state index contributed by atoms with van der Waals surface area (Å²) in [5.74, 6) is -0.271. The van der Waals surface area contributed by atoms with Crippen LogP contribution in [0, 0.1) is 12.7 Å². The van der Waals surface area contributed by atoms with Gasteiger partial charge in [0.1, 0.15) is 23.4 Å². The van der Waals surface area contributed by atoms with Crippen LogP contribution in [0.5, 0.6) is 0 Å². The SMILES string of the molecule is Cc1cc(F)cc(-c2cncc3[nH]c(-c4n[nH]c5ccc(-c6cncnc6)nc45)cc23)c1. The van der Waals surface area contributed by atoms with Gasteiger partial charge in [-0.05, 0) is 48.4 Å². The molecule has 154 valence electrons. The number of benzene rings is 1. The molecule has 0 bridgehead atoms. The van der Waals surface area contributed by atoms with Crippen LogP contribution in [0.25, 0.3) is 55.7 Å². The van der Waals surface area contributed by atoms with Crippen molar-refractivity contribution in [2.75, 3.05) is 0 Å². The van der Waals surface area contributed by atoms with E-state index in [1.165, 1.54) is 18.5 Å². The lowest BCUT2D eigenvalue weighted by atomic mass is 10.0. The van der Waals surface area contributed by atoms with Gasteiger partial charge in [-0.1, -0.05) is 6.07 Å². The number of rotatable bonds is 3. The average Bonchev–Trinajstić information content (AvgIpc) is 3.42. The Kier molecular flexibility index (Phi) is 4.04. The van der Waals surface area contributed by atoms with E-state index in [1.54, 1.807) is 24.8 Å². The number of nitrogens with zero attached hydrogens (tertiary/aromatic N) is 5. The lowest BCUT2D eigenvalue weighted by Crippen LogP contribution is -1.87. The zero-order chi connectivity index (χ0) is 21.7. The molecule has 0 amide bonds. The Morgan fingerprint density at radius 3 is 2.56 bits per heavy atom. The molecular weight excluding hydrogens is 405 g/mol. The zero-order valence-corrected chi connectivity index (χ0v) is 17.0. The largest absolute Gasteiger partial charge is 0.352 e. The van der Waals surface area contributed by atoms with Crippen LogP contribution < -0.4 is 0 Å². The number of aromatic amines is 2. The fraction of sp³-hybridized carbons (Fsp3) is 0.0417. The number of halogens is 1. The van der Waals surface area contributed by atoms with Crippen LogP contribution in [0.1, 0.15) is 5.56 Å². The molecule has 6 rings (SSSR count). The minimum atomic E-state index is -0.271. The van der Waals surface area contributed by atoms with Crippen LogP contribution in [0.3, 0.4) is 0 Å². The molecule has 6 aromatic rings. The van der Waals surface area contributed by atoms with Gasteiger partial charge in [0.05, 0.1) is 28.6 Å². The minimum Gasteiger partial charge on any atom is -0.352 e. The van der Waals surface area contributed by atoms with Gasteiger partial charge in [-0.25, -0.2) is 19.3 Å². The molecule has 32 heavy (non-hydrogen) atoms. The van der Waals surface area contributed by atoms with Gasteiger partial charge in [0, 0.05) is 35.1 Å². The summed E-state index contributed by atoms with van der Waals surface area (Å²) < 4.78 is 14.0. The summed E-state index contributed by atoms with van der Waals surface area (Å²) in [5, 5.41) is 8.47. The monoisotopic (exact) mass is 421 g/mol. The summed E-state index contributed by atoms with van der Waals surface area (Å²) >= 11 is 0. The summed E-state index contributed by atoms with van der Waals surface area (Å²) in [7, 11) is 0. The van der Waals surface area contributed by atoms with E-state index in [4.69, 9.17) is 4.98 Å². The molecule has 2 N–H and O–H groups in total. The van der Waals surface area contributed by atoms with Crippen LogP contribution >= 0.6 is 0 Å². The molecule has 5 heterocycles. The summed E-state index contributed by atoms with van der Waals surface area (Å²) in [6, 6.07) is 10.8. The first-order valence-electron chi connectivity index (χ1n) is 10.0. The van der Waals surface area contributed by atoms with Gasteiger partial charge < -0.3 is 4.98 Å². The Morgan fingerprint density at radius 2 is 1.72 bits per heavy atom. The van der Waals surface area contributed by atoms with Gasteiger partial charge in [0.2, 0.25) is 0 Å². The van der Waals surface area contributed by atoms with Crippen molar-refractivity contribution in [2.45, 2.75) is 6.92 Å². The number of hydrogen-bond donors (Lipinski definition) is 2. The van der Waals surface area contributed by atoms with E-state index in [0.717, 1.165) is 55.6 Å². The fourth-order valence-corrected chi connectivity index (χ4v) is 3.98. The fourth-order valence-electron chi connectivity index (χ4n) is 3.98. The maximum atomic E-state index is 14.0. The molecule has 1 aromatic carbocycles. The standard InChI is InChI=1S/C24H16FN7/c1-13-4-14(6-16(25)5-13)18-10-26-11-22-17(18)7-21(29-22)24-23-20(31-32-24)3-2-19(30-23)15-8-27-12-28-9-15/h2-12,29H,1H3,(H,31,32). The molecule has 0 unspecified atom stereocenters. The second-order valence-electron chi connectivity index (χ2n) is 7.64. The first kappa shape index (κ1) is 18.3. The van der Waals surface area contributed by atoms with Gasteiger partial charge in [-0.3, -0.25) is 10.1 Å². The average molecular weight is 421 g/mol. The van der Waals surface area contributed by atoms with Crippen molar-refractivity contribution in [1.82, 2.24) is 35.1 Å². The Balaban J connectivity index is 1.52. The molecule has 0 saturated heterocycles. The summed E-state index contributed by atoms with van der Waals surface area (Å²) in [4.78, 5) is 20.7. The Hall–Kier alpha value is -4.46. The smallest absolute Gasteiger partial charge is 0.135 e. The number of aryl methyl sites for hydroxylation is 1. The molecular formula is C24H16FN7. The quantitative estimate of drug-likeness (QED) is 0.416. The maximum absolute atomic E-state index is 14.0. The number of aromatic nitrogens is 7. The molecule has 8 heteroatoms. The molecule has 0 aliphatic rings. The molecule has 5 aromatic heterocycles. The first-order chi connectivity index (χ1) is 15.7. The van der Waals surface area contributed by atoms with E-state index in [0.29, 0.717) is 5.69 Å². The third-order valence-corrected chi connectivity index (χ3v) is 5.42. The lowest BCUT2D eigenvalue weighted by Gasteiger charge is -2.05. The van der Waals surface area contributed by atoms with E-state index in [-0.39, 0.29) is 5.82 Å². The Bertz CT molecular complexity index is 1580. The van der Waals surface area contributed by atoms with Crippen molar-refractivity contribution >= 4 is 21.9 Å². The second kappa shape index (κ2) is 7.05. The van der Waals surface area contributed by atoms with Gasteiger partial charge in [-0.15, -0.1) is 0 Å². The number of fused-ring (bicyclic) bond motifs is 2. The van der Waals surface area contributed by atoms with E-state index < -0.39 is 0 Å². The lowest BCUT2D eigenvalue weighted by molar-refractivity contribution is 0.627. The molecule has 0 aliphatic heterocycles. The highest BCUT2D eigenvalue weighted by atomic mass is 19.1. The van der Waals surface area contributed by atoms with Crippen molar-refractivity contribution in [3.63, 3.8) is 0 Å². The van der Waals surface area contributed by atoms with Gasteiger partial charge in [-0.2, -0.15) is 5.10 Å². The number of H-pyrrole nitrogens is 2. The second-order valence-corrected chi connectivity index (χ2v) is 7.64. The minimum absolute atomic E-state index is 0.271. The van der Waals surface area contributed by atoms with Gasteiger partial charge >= 0.3 is 0 Å². The predicted octanol–water partition coefficient (Wildman–Crippen LogP) is 5.07. The normalized spacial score (nSPS) is 11.4. The van der Waals surface area contributed by atoms with Gasteiger partial charge in [0.15, 0.2) is 0 Å². The van der Waals surface area contributed by atoms with E-state index in [9.17, 15) is 4.39 Å². The number of nitrogens with one attached hydrogen (secondary N) is 2. The molecule has 0 radical (unpaired) electrons. The maximum Gasteiger partial charge on any atom is 0.135 e. The van der Waals surface area contributed by atoms with Crippen molar-refractivity contribution in [3.8, 4) is 33.8 Å². The number of pyridine rings is 2. The molecule has 0 saturated carbocycles. The Labute approximate surface area is 181 Å². The summed E-state index contributed by atoms with van der Waals surface area (Å²) in [6.45, 7) is 1.87. The highest BCUT2D eigenvalue weighted by molar-refractivity contribution is 6.00. The van der Waals surface area contributed by atoms with Crippen LogP contribution in [0.15, 0.2) is 67.5 Å². The molecule has 0 spiro atoms. The highest BCUT2D eigenvalue weighted by Gasteiger charge is 2.16. The molecule has 7 nitrogen and oxygen atoms in total. The molecule has 0 aliphatic carbocycles. The van der Waals surface area contributed by atoms with Crippen molar-refractivity contribution in [2.24, 2.45) is 0 Å². The van der Waals surface area contributed by atoms with E-state index in [1.807, 2.05) is 31.2 Å². The zero-order valence-electron chi connectivity index (χ0n) is 17.0. The molecule has 0 atom stereocenters. The van der Waals surface area contributed by atoms with E-state index in [2.05, 4.69) is 30.1 Å². The first-order valence-corrected chi connectivity index (χ1v) is 10.0. The predicted molar refractivity (Wildman–Crippen MR) is 120 cm³/mol. The topological polar surface area (TPSA) is 96.0 Å². The van der Waals surface area contributed by atoms with Crippen molar-refractivity contribution in [1.29, 1.82) is 0 Å². The van der Waals surface area contributed by atoms with Crippen LogP contribution in [0.4, 0.5) is 4.39 Å². The summed E-state index contributed by atoms with van der Waals surface area (Å²) in [5.41, 5.74) is 7.94. The third-order valence-electron chi connectivity index (χ3n) is 5.42. The van der Waals surface area contributed by atoms with Crippen LogP contribution in [-0.4, -0.2) is 35.1 Å².